The summed E-state index contributed by atoms with van der Waals surface area (Å²) < 4.78 is 28.6. The first kappa shape index (κ1) is 21.9. The van der Waals surface area contributed by atoms with Gasteiger partial charge in [-0.25, -0.2) is 18.4 Å². The summed E-state index contributed by atoms with van der Waals surface area (Å²) in [5.74, 6) is 1.11. The van der Waals surface area contributed by atoms with Gasteiger partial charge in [-0.1, -0.05) is 18.2 Å². The molecule has 1 saturated heterocycles. The first-order chi connectivity index (χ1) is 15.9. The maximum Gasteiger partial charge on any atom is 0.232 e. The van der Waals surface area contributed by atoms with Crippen molar-refractivity contribution in [2.45, 2.75) is 32.9 Å². The minimum absolute atomic E-state index is 0.162. The van der Waals surface area contributed by atoms with Gasteiger partial charge >= 0.3 is 0 Å². The molecule has 0 amide bonds. The average Bonchev–Trinajstić information content (AvgIpc) is 2.79. The van der Waals surface area contributed by atoms with E-state index in [1.165, 1.54) is 11.1 Å². The van der Waals surface area contributed by atoms with Crippen LogP contribution >= 0.6 is 0 Å². The summed E-state index contributed by atoms with van der Waals surface area (Å²) in [5, 5.41) is 3.60. The molecule has 33 heavy (non-hydrogen) atoms. The van der Waals surface area contributed by atoms with Crippen LogP contribution in [0, 0.1) is 6.92 Å². The number of nitrogens with zero attached hydrogens (tertiary/aromatic N) is 3. The van der Waals surface area contributed by atoms with Crippen LogP contribution in [-0.2, 0) is 22.8 Å². The van der Waals surface area contributed by atoms with Gasteiger partial charge in [-0.2, -0.15) is 0 Å². The highest BCUT2D eigenvalue weighted by molar-refractivity contribution is 7.92. The van der Waals surface area contributed by atoms with E-state index in [4.69, 9.17) is 4.74 Å². The molecule has 0 spiro atoms. The number of aryl methyl sites for hydroxylation is 1. The zero-order chi connectivity index (χ0) is 23.0. The van der Waals surface area contributed by atoms with Crippen LogP contribution in [0.15, 0.2) is 48.8 Å². The number of hydrogen-bond acceptors (Lipinski definition) is 7. The Kier molecular flexibility index (Phi) is 5.80. The Morgan fingerprint density at radius 2 is 2.00 bits per heavy atom. The van der Waals surface area contributed by atoms with Crippen molar-refractivity contribution in [3.8, 4) is 17.1 Å². The quantitative estimate of drug-likeness (QED) is 0.595. The van der Waals surface area contributed by atoms with Gasteiger partial charge in [0.1, 0.15) is 0 Å². The number of anilines is 2. The molecule has 1 aromatic heterocycles. The molecule has 2 aliphatic rings. The second-order valence-electron chi connectivity index (χ2n) is 8.72. The maximum atomic E-state index is 11.6. The number of aromatic nitrogens is 2. The Balaban J connectivity index is 1.36. The van der Waals surface area contributed by atoms with Gasteiger partial charge in [0, 0.05) is 36.1 Å². The van der Waals surface area contributed by atoms with Gasteiger partial charge in [0.15, 0.2) is 9.84 Å². The minimum Gasteiger partial charge on any atom is -0.477 e. The Bertz CT molecular complexity index is 1260. The Labute approximate surface area is 194 Å². The van der Waals surface area contributed by atoms with Gasteiger partial charge in [-0.05, 0) is 55.2 Å². The van der Waals surface area contributed by atoms with Gasteiger partial charge in [0.2, 0.25) is 5.88 Å². The summed E-state index contributed by atoms with van der Waals surface area (Å²) in [6.45, 7) is 6.23. The summed E-state index contributed by atoms with van der Waals surface area (Å²) in [4.78, 5) is 11.2. The molecule has 2 aromatic carbocycles. The fourth-order valence-corrected chi connectivity index (χ4v) is 6.11. The van der Waals surface area contributed by atoms with Crippen molar-refractivity contribution in [1.29, 1.82) is 0 Å². The Morgan fingerprint density at radius 3 is 2.73 bits per heavy atom. The van der Waals surface area contributed by atoms with Crippen LogP contribution in [0.3, 0.4) is 0 Å². The normalized spacial score (nSPS) is 17.8. The molecule has 0 bridgehead atoms. The van der Waals surface area contributed by atoms with Crippen LogP contribution < -0.4 is 10.1 Å². The van der Waals surface area contributed by atoms with Crippen LogP contribution in [0.2, 0.25) is 0 Å². The first-order valence-electron chi connectivity index (χ1n) is 11.3. The van der Waals surface area contributed by atoms with E-state index in [2.05, 4.69) is 63.5 Å². The summed E-state index contributed by atoms with van der Waals surface area (Å²) in [5.41, 5.74) is 7.62. The molecule has 3 aromatic rings. The van der Waals surface area contributed by atoms with E-state index in [-0.39, 0.29) is 6.04 Å². The minimum atomic E-state index is -2.81. The third-order valence-electron chi connectivity index (χ3n) is 6.42. The van der Waals surface area contributed by atoms with Crippen LogP contribution in [0.1, 0.15) is 23.6 Å². The van der Waals surface area contributed by atoms with E-state index in [0.29, 0.717) is 24.0 Å². The van der Waals surface area contributed by atoms with Crippen molar-refractivity contribution >= 4 is 21.2 Å². The number of ether oxygens (including phenoxy) is 1. The molecule has 0 saturated carbocycles. The van der Waals surface area contributed by atoms with Gasteiger partial charge in [-0.3, -0.25) is 4.90 Å². The molecule has 2 aliphatic heterocycles. The third kappa shape index (κ3) is 4.58. The van der Waals surface area contributed by atoms with Crippen LogP contribution in [0.25, 0.3) is 11.3 Å². The predicted molar refractivity (Wildman–Crippen MR) is 130 cm³/mol. The molecule has 7 nitrogen and oxygen atoms in total. The highest BCUT2D eigenvalue weighted by atomic mass is 32.2. The fourth-order valence-electron chi connectivity index (χ4n) is 4.62. The largest absolute Gasteiger partial charge is 0.477 e. The van der Waals surface area contributed by atoms with Gasteiger partial charge in [-0.15, -0.1) is 0 Å². The average molecular weight is 465 g/mol. The lowest BCUT2D eigenvalue weighted by Gasteiger charge is -2.40. The summed E-state index contributed by atoms with van der Waals surface area (Å²) in [7, 11) is -2.81. The second-order valence-corrected chi connectivity index (χ2v) is 10.9. The standard InChI is InChI=1S/C25H28N4O3S/c1-3-32-25-13-26-24(12-27-25)22-11-19(8-7-17(22)2)28-23-6-4-5-18-14-29(10-9-21(18)23)20-15-33(30,31)16-20/h4-8,11-13,20,28H,3,9-10,14-16H2,1-2H3. The lowest BCUT2D eigenvalue weighted by atomic mass is 9.96. The molecule has 172 valence electrons. The lowest BCUT2D eigenvalue weighted by Crippen LogP contribution is -2.54. The summed E-state index contributed by atoms with van der Waals surface area (Å²) >= 11 is 0. The monoisotopic (exact) mass is 464 g/mol. The van der Waals surface area contributed by atoms with Gasteiger partial charge in [0.05, 0.1) is 36.2 Å². The second kappa shape index (κ2) is 8.76. The van der Waals surface area contributed by atoms with E-state index in [1.807, 2.05) is 6.92 Å². The van der Waals surface area contributed by atoms with Gasteiger partial charge in [0.25, 0.3) is 0 Å². The van der Waals surface area contributed by atoms with Crippen molar-refractivity contribution in [2.75, 3.05) is 30.0 Å². The molecule has 8 heteroatoms. The smallest absolute Gasteiger partial charge is 0.232 e. The van der Waals surface area contributed by atoms with Crippen molar-refractivity contribution in [3.05, 3.63) is 65.5 Å². The number of hydrogen-bond donors (Lipinski definition) is 1. The van der Waals surface area contributed by atoms with Crippen LogP contribution in [-0.4, -0.2) is 54.0 Å². The fraction of sp³-hybridized carbons (Fsp3) is 0.360. The van der Waals surface area contributed by atoms with Crippen molar-refractivity contribution < 1.29 is 13.2 Å². The topological polar surface area (TPSA) is 84.4 Å². The molecular formula is C25H28N4O3S. The van der Waals surface area contributed by atoms with E-state index in [0.717, 1.165) is 47.7 Å². The van der Waals surface area contributed by atoms with Crippen molar-refractivity contribution in [1.82, 2.24) is 14.9 Å². The molecule has 3 heterocycles. The molecule has 1 N–H and O–H groups in total. The number of nitrogens with one attached hydrogen (secondary N) is 1. The van der Waals surface area contributed by atoms with Gasteiger partial charge < -0.3 is 10.1 Å². The van der Waals surface area contributed by atoms with Crippen LogP contribution in [0.5, 0.6) is 5.88 Å². The SMILES string of the molecule is CCOc1cnc(-c2cc(Nc3cccc4c3CCN(C3CS(=O)(=O)C3)C4)ccc2C)cn1. The Morgan fingerprint density at radius 1 is 1.15 bits per heavy atom. The molecule has 0 atom stereocenters. The van der Waals surface area contributed by atoms with E-state index in [1.54, 1.807) is 12.4 Å². The summed E-state index contributed by atoms with van der Waals surface area (Å²) in [6.07, 6.45) is 4.31. The van der Waals surface area contributed by atoms with Crippen molar-refractivity contribution in [3.63, 3.8) is 0 Å². The van der Waals surface area contributed by atoms with Crippen LogP contribution in [0.4, 0.5) is 11.4 Å². The molecule has 5 rings (SSSR count). The number of sulfone groups is 1. The van der Waals surface area contributed by atoms with E-state index < -0.39 is 9.84 Å². The molecule has 0 unspecified atom stereocenters. The van der Waals surface area contributed by atoms with E-state index in [9.17, 15) is 8.42 Å². The highest BCUT2D eigenvalue weighted by Crippen LogP contribution is 2.33. The Hall–Kier alpha value is -2.97. The highest BCUT2D eigenvalue weighted by Gasteiger charge is 2.38. The van der Waals surface area contributed by atoms with Crippen molar-refractivity contribution in [2.24, 2.45) is 0 Å². The number of benzene rings is 2. The zero-order valence-electron chi connectivity index (χ0n) is 18.9. The number of rotatable bonds is 6. The molecule has 0 radical (unpaired) electrons. The maximum absolute atomic E-state index is 11.6. The predicted octanol–water partition coefficient (Wildman–Crippen LogP) is 3.75. The lowest BCUT2D eigenvalue weighted by molar-refractivity contribution is 0.196. The molecule has 0 aliphatic carbocycles. The molecule has 1 fully saturated rings. The van der Waals surface area contributed by atoms with E-state index >= 15 is 0 Å². The zero-order valence-corrected chi connectivity index (χ0v) is 19.7. The number of fused-ring (bicyclic) bond motifs is 1. The third-order valence-corrected chi connectivity index (χ3v) is 8.20. The first-order valence-corrected chi connectivity index (χ1v) is 13.1. The molecular weight excluding hydrogens is 436 g/mol. The summed E-state index contributed by atoms with van der Waals surface area (Å²) in [6, 6.07) is 12.8.